The van der Waals surface area contributed by atoms with E-state index in [1.54, 1.807) is 11.0 Å². The number of aryl methyl sites for hydroxylation is 1. The Morgan fingerprint density at radius 1 is 1.50 bits per heavy atom. The Kier molecular flexibility index (Phi) is 4.29. The van der Waals surface area contributed by atoms with Crippen molar-refractivity contribution in [2.75, 3.05) is 5.32 Å². The van der Waals surface area contributed by atoms with Crippen molar-refractivity contribution in [3.8, 4) is 5.69 Å². The summed E-state index contributed by atoms with van der Waals surface area (Å²) in [6, 6.07) is 5.96. The molecule has 1 aromatic carbocycles. The quantitative estimate of drug-likeness (QED) is 0.832. The molecule has 0 radical (unpaired) electrons. The van der Waals surface area contributed by atoms with E-state index in [0.29, 0.717) is 6.42 Å². The Morgan fingerprint density at radius 3 is 2.95 bits per heavy atom. The Morgan fingerprint density at radius 2 is 2.30 bits per heavy atom. The minimum absolute atomic E-state index is 0.0792. The lowest BCUT2D eigenvalue weighted by Crippen LogP contribution is -2.16. The van der Waals surface area contributed by atoms with Crippen LogP contribution in [0.1, 0.15) is 25.3 Å². The van der Waals surface area contributed by atoms with Crippen LogP contribution in [-0.4, -0.2) is 37.3 Å². The second kappa shape index (κ2) is 6.14. The van der Waals surface area contributed by atoms with Gasteiger partial charge in [0.25, 0.3) is 0 Å². The number of carboxylic acid groups (broad SMARTS) is 1. The first-order valence-corrected chi connectivity index (χ1v) is 6.38. The third-order valence-corrected chi connectivity index (χ3v) is 3.01. The molecule has 20 heavy (non-hydrogen) atoms. The van der Waals surface area contributed by atoms with E-state index in [2.05, 4.69) is 20.8 Å². The molecule has 0 aliphatic heterocycles. The molecule has 7 heteroatoms. The number of carboxylic acids is 1. The summed E-state index contributed by atoms with van der Waals surface area (Å²) in [5.41, 5.74) is 2.87. The van der Waals surface area contributed by atoms with Gasteiger partial charge < -0.3 is 10.4 Å². The lowest BCUT2D eigenvalue weighted by Gasteiger charge is -2.15. The molecule has 0 aliphatic carbocycles. The molecule has 0 aliphatic rings. The standard InChI is InChI=1S/C13H17N5O2/c1-9-3-5-11(15-10(2)4-6-13(19)20)7-12(9)18-8-14-16-17-18/h3,5,7-8,10,15H,4,6H2,1-2H3,(H,19,20). The van der Waals surface area contributed by atoms with Crippen LogP contribution in [0.5, 0.6) is 0 Å². The van der Waals surface area contributed by atoms with Crippen LogP contribution in [0.15, 0.2) is 24.5 Å². The van der Waals surface area contributed by atoms with Crippen molar-refractivity contribution < 1.29 is 9.90 Å². The SMILES string of the molecule is Cc1ccc(NC(C)CCC(=O)O)cc1-n1cnnn1. The monoisotopic (exact) mass is 275 g/mol. The van der Waals surface area contributed by atoms with Gasteiger partial charge >= 0.3 is 5.97 Å². The van der Waals surface area contributed by atoms with Crippen LogP contribution in [0.25, 0.3) is 5.69 Å². The third-order valence-electron chi connectivity index (χ3n) is 3.01. The predicted molar refractivity (Wildman–Crippen MR) is 73.8 cm³/mol. The molecule has 2 aromatic rings. The molecule has 1 aromatic heterocycles. The highest BCUT2D eigenvalue weighted by atomic mass is 16.4. The van der Waals surface area contributed by atoms with Crippen molar-refractivity contribution in [3.05, 3.63) is 30.1 Å². The van der Waals surface area contributed by atoms with Gasteiger partial charge in [-0.05, 0) is 48.4 Å². The fourth-order valence-electron chi connectivity index (χ4n) is 1.91. The Bertz CT molecular complexity index is 582. The molecule has 7 nitrogen and oxygen atoms in total. The maximum absolute atomic E-state index is 10.6. The first kappa shape index (κ1) is 14.0. The van der Waals surface area contributed by atoms with Crippen molar-refractivity contribution in [1.29, 1.82) is 0 Å². The molecule has 106 valence electrons. The Hall–Kier alpha value is -2.44. The summed E-state index contributed by atoms with van der Waals surface area (Å²) in [4.78, 5) is 10.6. The van der Waals surface area contributed by atoms with E-state index < -0.39 is 5.97 Å². The van der Waals surface area contributed by atoms with Crippen molar-refractivity contribution in [1.82, 2.24) is 20.2 Å². The minimum Gasteiger partial charge on any atom is -0.481 e. The molecule has 0 amide bonds. The van der Waals surface area contributed by atoms with Crippen LogP contribution in [0.2, 0.25) is 0 Å². The summed E-state index contributed by atoms with van der Waals surface area (Å²) >= 11 is 0. The van der Waals surface area contributed by atoms with Crippen LogP contribution in [-0.2, 0) is 4.79 Å². The van der Waals surface area contributed by atoms with Crippen LogP contribution < -0.4 is 5.32 Å². The summed E-state index contributed by atoms with van der Waals surface area (Å²) in [5, 5.41) is 23.1. The van der Waals surface area contributed by atoms with Crippen molar-refractivity contribution in [2.24, 2.45) is 0 Å². The molecule has 1 atom stereocenters. The number of anilines is 1. The maximum Gasteiger partial charge on any atom is 0.303 e. The number of nitrogens with zero attached hydrogens (tertiary/aromatic N) is 4. The van der Waals surface area contributed by atoms with Gasteiger partial charge in [-0.2, -0.15) is 0 Å². The van der Waals surface area contributed by atoms with Gasteiger partial charge in [0, 0.05) is 18.2 Å². The second-order valence-corrected chi connectivity index (χ2v) is 4.73. The van der Waals surface area contributed by atoms with Crippen LogP contribution >= 0.6 is 0 Å². The largest absolute Gasteiger partial charge is 0.481 e. The molecule has 0 saturated heterocycles. The number of nitrogens with one attached hydrogen (secondary N) is 1. The molecular weight excluding hydrogens is 258 g/mol. The van der Waals surface area contributed by atoms with Gasteiger partial charge in [-0.25, -0.2) is 4.68 Å². The molecule has 1 heterocycles. The zero-order chi connectivity index (χ0) is 14.5. The number of tetrazole rings is 1. The summed E-state index contributed by atoms with van der Waals surface area (Å²) in [5.74, 6) is -0.781. The summed E-state index contributed by atoms with van der Waals surface area (Å²) in [7, 11) is 0. The fraction of sp³-hybridized carbons (Fsp3) is 0.385. The normalized spacial score (nSPS) is 12.1. The Labute approximate surface area is 116 Å². The van der Waals surface area contributed by atoms with Gasteiger partial charge in [0.2, 0.25) is 0 Å². The lowest BCUT2D eigenvalue weighted by atomic mass is 10.1. The number of carbonyl (C=O) groups is 1. The molecule has 0 bridgehead atoms. The van der Waals surface area contributed by atoms with Crippen LogP contribution in [0.3, 0.4) is 0 Å². The van der Waals surface area contributed by atoms with Gasteiger partial charge in [0.15, 0.2) is 0 Å². The van der Waals surface area contributed by atoms with Gasteiger partial charge in [-0.1, -0.05) is 6.07 Å². The molecule has 0 spiro atoms. The van der Waals surface area contributed by atoms with Crippen molar-refractivity contribution >= 4 is 11.7 Å². The average molecular weight is 275 g/mol. The van der Waals surface area contributed by atoms with Crippen molar-refractivity contribution in [3.63, 3.8) is 0 Å². The highest BCUT2D eigenvalue weighted by Gasteiger charge is 2.08. The first-order chi connectivity index (χ1) is 9.56. The number of aromatic nitrogens is 4. The van der Waals surface area contributed by atoms with Gasteiger partial charge in [-0.15, -0.1) is 5.10 Å². The third kappa shape index (κ3) is 3.53. The summed E-state index contributed by atoms with van der Waals surface area (Å²) < 4.78 is 1.60. The minimum atomic E-state index is -0.781. The summed E-state index contributed by atoms with van der Waals surface area (Å²) in [6.45, 7) is 3.94. The van der Waals surface area contributed by atoms with E-state index >= 15 is 0 Å². The van der Waals surface area contributed by atoms with Gasteiger partial charge in [-0.3, -0.25) is 4.79 Å². The van der Waals surface area contributed by atoms with Crippen LogP contribution in [0, 0.1) is 6.92 Å². The van der Waals surface area contributed by atoms with E-state index in [1.165, 1.54) is 0 Å². The van der Waals surface area contributed by atoms with E-state index in [4.69, 9.17) is 5.11 Å². The molecular formula is C13H17N5O2. The predicted octanol–water partition coefficient (Wildman–Crippen LogP) is 1.64. The fourth-order valence-corrected chi connectivity index (χ4v) is 1.91. The highest BCUT2D eigenvalue weighted by Crippen LogP contribution is 2.19. The smallest absolute Gasteiger partial charge is 0.303 e. The summed E-state index contributed by atoms with van der Waals surface area (Å²) in [6.07, 6.45) is 2.27. The molecule has 0 fully saturated rings. The molecule has 0 saturated carbocycles. The maximum atomic E-state index is 10.6. The topological polar surface area (TPSA) is 92.9 Å². The van der Waals surface area contributed by atoms with E-state index in [-0.39, 0.29) is 12.5 Å². The number of hydrogen-bond acceptors (Lipinski definition) is 5. The lowest BCUT2D eigenvalue weighted by molar-refractivity contribution is -0.137. The number of aliphatic carboxylic acids is 1. The molecule has 2 rings (SSSR count). The first-order valence-electron chi connectivity index (χ1n) is 6.38. The number of benzene rings is 1. The van der Waals surface area contributed by atoms with E-state index in [0.717, 1.165) is 16.9 Å². The van der Waals surface area contributed by atoms with E-state index in [1.807, 2.05) is 32.0 Å². The average Bonchev–Trinajstić information content (AvgIpc) is 2.92. The highest BCUT2D eigenvalue weighted by molar-refractivity contribution is 5.66. The van der Waals surface area contributed by atoms with Crippen LogP contribution in [0.4, 0.5) is 5.69 Å². The van der Waals surface area contributed by atoms with Gasteiger partial charge in [0.1, 0.15) is 6.33 Å². The number of rotatable bonds is 6. The zero-order valence-corrected chi connectivity index (χ0v) is 11.4. The van der Waals surface area contributed by atoms with E-state index in [9.17, 15) is 4.79 Å². The second-order valence-electron chi connectivity index (χ2n) is 4.73. The van der Waals surface area contributed by atoms with Gasteiger partial charge in [0.05, 0.1) is 5.69 Å². The van der Waals surface area contributed by atoms with Crippen molar-refractivity contribution in [2.45, 2.75) is 32.7 Å². The molecule has 1 unspecified atom stereocenters. The molecule has 2 N–H and O–H groups in total. The number of hydrogen-bond donors (Lipinski definition) is 2. The zero-order valence-electron chi connectivity index (χ0n) is 11.4. The Balaban J connectivity index is 2.10.